The Kier molecular flexibility index (Phi) is 7.12. The van der Waals surface area contributed by atoms with Gasteiger partial charge in [0, 0.05) is 43.3 Å². The van der Waals surface area contributed by atoms with E-state index in [0.717, 1.165) is 54.7 Å². The van der Waals surface area contributed by atoms with Gasteiger partial charge in [-0.05, 0) is 47.3 Å². The minimum atomic E-state index is 0.0973. The van der Waals surface area contributed by atoms with Gasteiger partial charge in [0.15, 0.2) is 0 Å². The fourth-order valence-corrected chi connectivity index (χ4v) is 4.62. The summed E-state index contributed by atoms with van der Waals surface area (Å²) < 4.78 is 11.1. The Labute approximate surface area is 191 Å². The molecular formula is C24H25ClN2O3S. The maximum atomic E-state index is 12.9. The molecule has 4 rings (SSSR count). The molecule has 1 saturated heterocycles. The van der Waals surface area contributed by atoms with Crippen LogP contribution in [0.1, 0.15) is 20.8 Å². The van der Waals surface area contributed by atoms with Crippen molar-refractivity contribution >= 4 is 28.8 Å². The smallest absolute Gasteiger partial charge is 0.264 e. The fourth-order valence-electron chi connectivity index (χ4n) is 3.58. The Bertz CT molecular complexity index is 1030. The highest BCUT2D eigenvalue weighted by atomic mass is 35.5. The van der Waals surface area contributed by atoms with Gasteiger partial charge >= 0.3 is 0 Å². The predicted molar refractivity (Wildman–Crippen MR) is 124 cm³/mol. The van der Waals surface area contributed by atoms with Crippen molar-refractivity contribution in [1.29, 1.82) is 0 Å². The van der Waals surface area contributed by atoms with Gasteiger partial charge in [-0.2, -0.15) is 0 Å². The number of carbonyl (C=O) groups is 1. The molecule has 2 heterocycles. The zero-order valence-corrected chi connectivity index (χ0v) is 19.0. The second-order valence-electron chi connectivity index (χ2n) is 7.49. The van der Waals surface area contributed by atoms with Crippen molar-refractivity contribution in [3.8, 4) is 11.5 Å². The van der Waals surface area contributed by atoms with Crippen molar-refractivity contribution in [3.63, 3.8) is 0 Å². The van der Waals surface area contributed by atoms with E-state index >= 15 is 0 Å². The Morgan fingerprint density at radius 1 is 1.00 bits per heavy atom. The fraction of sp³-hybridized carbons (Fsp3) is 0.292. The van der Waals surface area contributed by atoms with Gasteiger partial charge in [0.2, 0.25) is 0 Å². The number of ether oxygens (including phenoxy) is 2. The third-order valence-electron chi connectivity index (χ3n) is 5.27. The van der Waals surface area contributed by atoms with E-state index in [1.807, 2.05) is 46.7 Å². The Hall–Kier alpha value is -2.54. The number of hydrogen-bond donors (Lipinski definition) is 0. The van der Waals surface area contributed by atoms with E-state index in [1.54, 1.807) is 13.2 Å². The van der Waals surface area contributed by atoms with E-state index in [4.69, 9.17) is 21.1 Å². The van der Waals surface area contributed by atoms with Crippen LogP contribution < -0.4 is 9.47 Å². The molecule has 0 aliphatic carbocycles. The molecule has 0 bridgehead atoms. The number of thiophene rings is 1. The molecule has 162 valence electrons. The minimum absolute atomic E-state index is 0.0973. The van der Waals surface area contributed by atoms with Crippen LogP contribution in [0.2, 0.25) is 5.02 Å². The van der Waals surface area contributed by atoms with Gasteiger partial charge < -0.3 is 14.4 Å². The quantitative estimate of drug-likeness (QED) is 0.504. The van der Waals surface area contributed by atoms with Crippen LogP contribution in [0, 0.1) is 0 Å². The first-order valence-corrected chi connectivity index (χ1v) is 11.5. The first-order chi connectivity index (χ1) is 15.1. The number of methoxy groups -OCH3 is 1. The Balaban J connectivity index is 1.27. The van der Waals surface area contributed by atoms with Crippen LogP contribution in [0.3, 0.4) is 0 Å². The first-order valence-electron chi connectivity index (χ1n) is 10.2. The second kappa shape index (κ2) is 10.2. The van der Waals surface area contributed by atoms with Gasteiger partial charge in [-0.25, -0.2) is 0 Å². The summed E-state index contributed by atoms with van der Waals surface area (Å²) in [5.74, 6) is 1.69. The number of benzene rings is 2. The van der Waals surface area contributed by atoms with Gasteiger partial charge in [0.25, 0.3) is 5.91 Å². The molecular weight excluding hydrogens is 432 g/mol. The van der Waals surface area contributed by atoms with Crippen LogP contribution in [-0.2, 0) is 13.2 Å². The van der Waals surface area contributed by atoms with Crippen LogP contribution >= 0.6 is 22.9 Å². The van der Waals surface area contributed by atoms with E-state index in [-0.39, 0.29) is 5.91 Å². The molecule has 0 unspecified atom stereocenters. The SMILES string of the molecule is COc1cccc(CN2CCN(C(=O)c3cc(COc4cccc(Cl)c4)cs3)CC2)c1. The van der Waals surface area contributed by atoms with Gasteiger partial charge in [0.1, 0.15) is 18.1 Å². The summed E-state index contributed by atoms with van der Waals surface area (Å²) >= 11 is 7.46. The highest BCUT2D eigenvalue weighted by Gasteiger charge is 2.23. The van der Waals surface area contributed by atoms with Crippen LogP contribution in [0.25, 0.3) is 0 Å². The molecule has 1 aliphatic heterocycles. The minimum Gasteiger partial charge on any atom is -0.497 e. The molecule has 5 nitrogen and oxygen atoms in total. The van der Waals surface area contributed by atoms with E-state index < -0.39 is 0 Å². The Morgan fingerprint density at radius 3 is 2.55 bits per heavy atom. The molecule has 0 N–H and O–H groups in total. The summed E-state index contributed by atoms with van der Waals surface area (Å²) in [6.45, 7) is 4.46. The third kappa shape index (κ3) is 5.79. The van der Waals surface area contributed by atoms with Crippen molar-refractivity contribution in [2.24, 2.45) is 0 Å². The highest BCUT2D eigenvalue weighted by Crippen LogP contribution is 2.22. The number of amides is 1. The maximum absolute atomic E-state index is 12.9. The number of rotatable bonds is 7. The largest absolute Gasteiger partial charge is 0.497 e. The number of carbonyl (C=O) groups excluding carboxylic acids is 1. The molecule has 1 amide bonds. The number of nitrogens with zero attached hydrogens (tertiary/aromatic N) is 2. The molecule has 3 aromatic rings. The van der Waals surface area contributed by atoms with E-state index in [9.17, 15) is 4.79 Å². The van der Waals surface area contributed by atoms with Crippen LogP contribution in [0.4, 0.5) is 0 Å². The van der Waals surface area contributed by atoms with Crippen molar-refractivity contribution in [2.75, 3.05) is 33.3 Å². The molecule has 31 heavy (non-hydrogen) atoms. The van der Waals surface area contributed by atoms with Gasteiger partial charge in [-0.1, -0.05) is 29.8 Å². The Morgan fingerprint density at radius 2 is 1.77 bits per heavy atom. The second-order valence-corrected chi connectivity index (χ2v) is 8.83. The van der Waals surface area contributed by atoms with E-state index in [1.165, 1.54) is 16.9 Å². The summed E-state index contributed by atoms with van der Waals surface area (Å²) in [6, 6.07) is 17.4. The average molecular weight is 457 g/mol. The van der Waals surface area contributed by atoms with Crippen molar-refractivity contribution in [3.05, 3.63) is 81.0 Å². The number of piperazine rings is 1. The number of halogens is 1. The summed E-state index contributed by atoms with van der Waals surface area (Å²) in [6.07, 6.45) is 0. The lowest BCUT2D eigenvalue weighted by molar-refractivity contribution is 0.0633. The predicted octanol–water partition coefficient (Wildman–Crippen LogP) is 4.95. The van der Waals surface area contributed by atoms with Crippen LogP contribution in [-0.4, -0.2) is 49.0 Å². The monoisotopic (exact) mass is 456 g/mol. The van der Waals surface area contributed by atoms with E-state index in [2.05, 4.69) is 17.0 Å². The zero-order chi connectivity index (χ0) is 21.6. The van der Waals surface area contributed by atoms with Gasteiger partial charge in [-0.3, -0.25) is 9.69 Å². The molecule has 0 spiro atoms. The molecule has 2 aromatic carbocycles. The molecule has 1 aromatic heterocycles. The summed E-state index contributed by atoms with van der Waals surface area (Å²) in [4.78, 5) is 18.0. The molecule has 7 heteroatoms. The summed E-state index contributed by atoms with van der Waals surface area (Å²) in [5.41, 5.74) is 2.21. The summed E-state index contributed by atoms with van der Waals surface area (Å²) in [7, 11) is 1.68. The van der Waals surface area contributed by atoms with Crippen molar-refractivity contribution < 1.29 is 14.3 Å². The lowest BCUT2D eigenvalue weighted by Crippen LogP contribution is -2.48. The average Bonchev–Trinajstić information content (AvgIpc) is 3.27. The van der Waals surface area contributed by atoms with E-state index in [0.29, 0.717) is 11.6 Å². The standard InChI is InChI=1S/C24H25ClN2O3S/c1-29-21-6-2-4-18(12-21)15-26-8-10-27(11-9-26)24(28)23-13-19(17-31-23)16-30-22-7-3-5-20(25)14-22/h2-7,12-14,17H,8-11,15-16H2,1H3. The third-order valence-corrected chi connectivity index (χ3v) is 6.47. The molecule has 0 atom stereocenters. The lowest BCUT2D eigenvalue weighted by atomic mass is 10.2. The van der Waals surface area contributed by atoms with Crippen molar-refractivity contribution in [2.45, 2.75) is 13.2 Å². The first kappa shape index (κ1) is 21.7. The molecule has 1 fully saturated rings. The van der Waals surface area contributed by atoms with Crippen LogP contribution in [0.15, 0.2) is 60.0 Å². The van der Waals surface area contributed by atoms with Gasteiger partial charge in [-0.15, -0.1) is 11.3 Å². The molecule has 1 aliphatic rings. The topological polar surface area (TPSA) is 42.0 Å². The lowest BCUT2D eigenvalue weighted by Gasteiger charge is -2.34. The van der Waals surface area contributed by atoms with Gasteiger partial charge in [0.05, 0.1) is 12.0 Å². The maximum Gasteiger partial charge on any atom is 0.264 e. The van der Waals surface area contributed by atoms with Crippen LogP contribution in [0.5, 0.6) is 11.5 Å². The highest BCUT2D eigenvalue weighted by molar-refractivity contribution is 7.12. The molecule has 0 saturated carbocycles. The summed E-state index contributed by atoms with van der Waals surface area (Å²) in [5, 5.41) is 2.63. The zero-order valence-electron chi connectivity index (χ0n) is 17.4. The normalized spacial score (nSPS) is 14.5. The van der Waals surface area contributed by atoms with Crippen molar-refractivity contribution in [1.82, 2.24) is 9.80 Å². The number of hydrogen-bond acceptors (Lipinski definition) is 5. The molecule has 0 radical (unpaired) electrons.